The Morgan fingerprint density at radius 1 is 0.897 bits per heavy atom. The lowest BCUT2D eigenvalue weighted by Gasteiger charge is -2.33. The van der Waals surface area contributed by atoms with Crippen molar-refractivity contribution in [2.75, 3.05) is 17.9 Å². The third kappa shape index (κ3) is 7.58. The van der Waals surface area contributed by atoms with Gasteiger partial charge in [0.2, 0.25) is 11.8 Å². The molecule has 2 amide bonds. The highest BCUT2D eigenvalue weighted by Gasteiger charge is 2.33. The Morgan fingerprint density at radius 2 is 1.51 bits per heavy atom. The van der Waals surface area contributed by atoms with Crippen molar-refractivity contribution in [3.05, 3.63) is 91.9 Å². The molecule has 0 saturated heterocycles. The zero-order chi connectivity index (χ0) is 28.9. The first kappa shape index (κ1) is 31.0. The van der Waals surface area contributed by atoms with E-state index in [4.69, 9.17) is 46.4 Å². The number of sulfonamides is 1. The van der Waals surface area contributed by atoms with Gasteiger partial charge in [-0.3, -0.25) is 13.9 Å². The van der Waals surface area contributed by atoms with Crippen molar-refractivity contribution in [3.8, 4) is 0 Å². The van der Waals surface area contributed by atoms with Crippen LogP contribution in [-0.4, -0.2) is 44.8 Å². The molecule has 0 bridgehead atoms. The highest BCUT2D eigenvalue weighted by Crippen LogP contribution is 2.31. The van der Waals surface area contributed by atoms with Crippen LogP contribution in [0.5, 0.6) is 0 Å². The number of carbonyl (C=O) groups is 2. The molecule has 0 aliphatic heterocycles. The fourth-order valence-electron chi connectivity index (χ4n) is 3.97. The molecule has 12 heteroatoms. The molecular weight excluding hydrogens is 604 g/mol. The Bertz CT molecular complexity index is 1450. The normalized spacial score (nSPS) is 12.1. The second kappa shape index (κ2) is 13.2. The topological polar surface area (TPSA) is 86.8 Å². The summed E-state index contributed by atoms with van der Waals surface area (Å²) in [4.78, 5) is 28.0. The quantitative estimate of drug-likeness (QED) is 0.283. The van der Waals surface area contributed by atoms with E-state index >= 15 is 0 Å². The molecule has 0 heterocycles. The summed E-state index contributed by atoms with van der Waals surface area (Å²) in [6.07, 6.45) is 0.278. The molecule has 3 aromatic carbocycles. The minimum atomic E-state index is -4.25. The molecule has 0 aliphatic rings. The van der Waals surface area contributed by atoms with Gasteiger partial charge in [-0.1, -0.05) is 77.1 Å². The third-order valence-electron chi connectivity index (χ3n) is 5.99. The van der Waals surface area contributed by atoms with E-state index in [0.29, 0.717) is 10.6 Å². The zero-order valence-corrected chi connectivity index (χ0v) is 25.3. The van der Waals surface area contributed by atoms with Crippen molar-refractivity contribution >= 4 is 73.9 Å². The fraction of sp³-hybridized carbons (Fsp3) is 0.259. The number of carbonyl (C=O) groups excluding carboxylic acids is 2. The zero-order valence-electron chi connectivity index (χ0n) is 21.4. The van der Waals surface area contributed by atoms with Gasteiger partial charge in [-0.2, -0.15) is 0 Å². The van der Waals surface area contributed by atoms with Gasteiger partial charge in [0.15, 0.2) is 0 Å². The van der Waals surface area contributed by atoms with Crippen LogP contribution in [0.4, 0.5) is 5.69 Å². The second-order valence-corrected chi connectivity index (χ2v) is 12.3. The van der Waals surface area contributed by atoms with Gasteiger partial charge >= 0.3 is 0 Å². The summed E-state index contributed by atoms with van der Waals surface area (Å²) in [5.74, 6) is -1.02. The molecule has 0 fully saturated rings. The van der Waals surface area contributed by atoms with Crippen LogP contribution in [0.3, 0.4) is 0 Å². The smallest absolute Gasteiger partial charge is 0.264 e. The first-order chi connectivity index (χ1) is 18.4. The molecule has 39 heavy (non-hydrogen) atoms. The number of rotatable bonds is 10. The Balaban J connectivity index is 2.10. The van der Waals surface area contributed by atoms with Gasteiger partial charge in [0.1, 0.15) is 12.6 Å². The number of amides is 2. The highest BCUT2D eigenvalue weighted by atomic mass is 35.5. The Hall–Kier alpha value is -2.49. The summed E-state index contributed by atoms with van der Waals surface area (Å²) in [7, 11) is -2.78. The maximum absolute atomic E-state index is 13.9. The van der Waals surface area contributed by atoms with Crippen LogP contribution in [0.25, 0.3) is 0 Å². The van der Waals surface area contributed by atoms with E-state index in [2.05, 4.69) is 5.32 Å². The van der Waals surface area contributed by atoms with Crippen LogP contribution in [0, 0.1) is 6.92 Å². The summed E-state index contributed by atoms with van der Waals surface area (Å²) in [5, 5.41) is 3.58. The number of aryl methyl sites for hydroxylation is 1. The van der Waals surface area contributed by atoms with Crippen molar-refractivity contribution in [2.45, 2.75) is 37.8 Å². The molecule has 0 radical (unpaired) electrons. The van der Waals surface area contributed by atoms with E-state index in [1.165, 1.54) is 42.3 Å². The van der Waals surface area contributed by atoms with Crippen LogP contribution in [0.15, 0.2) is 65.6 Å². The average molecular weight is 631 g/mol. The van der Waals surface area contributed by atoms with Crippen LogP contribution < -0.4 is 9.62 Å². The minimum absolute atomic E-state index is 0.0175. The molecule has 7 nitrogen and oxygen atoms in total. The molecular formula is C27H27Cl4N3O4S. The fourth-order valence-corrected chi connectivity index (χ4v) is 6.20. The average Bonchev–Trinajstić information content (AvgIpc) is 2.88. The van der Waals surface area contributed by atoms with E-state index in [-0.39, 0.29) is 38.6 Å². The molecule has 0 spiro atoms. The van der Waals surface area contributed by atoms with Crippen LogP contribution in [-0.2, 0) is 26.2 Å². The van der Waals surface area contributed by atoms with Gasteiger partial charge in [0.25, 0.3) is 10.0 Å². The van der Waals surface area contributed by atoms with E-state index in [1.54, 1.807) is 37.3 Å². The Labute approximate surface area is 248 Å². The summed E-state index contributed by atoms with van der Waals surface area (Å²) in [6.45, 7) is 2.95. The number of hydrogen-bond acceptors (Lipinski definition) is 4. The predicted molar refractivity (Wildman–Crippen MR) is 157 cm³/mol. The molecule has 1 N–H and O–H groups in total. The molecule has 0 saturated carbocycles. The Kier molecular flexibility index (Phi) is 10.5. The Morgan fingerprint density at radius 3 is 2.05 bits per heavy atom. The molecule has 208 valence electrons. The lowest BCUT2D eigenvalue weighted by atomic mass is 10.1. The SMILES string of the molecule is CC[C@H](C(=O)NC)N(Cc1ccc(Cl)c(Cl)c1)C(=O)CN(c1cc(Cl)cc(Cl)c1)S(=O)(=O)c1ccc(C)cc1. The molecule has 3 aromatic rings. The van der Waals surface area contributed by atoms with Crippen LogP contribution in [0.1, 0.15) is 24.5 Å². The van der Waals surface area contributed by atoms with Crippen molar-refractivity contribution in [1.82, 2.24) is 10.2 Å². The van der Waals surface area contributed by atoms with Gasteiger partial charge in [-0.15, -0.1) is 0 Å². The maximum Gasteiger partial charge on any atom is 0.264 e. The van der Waals surface area contributed by atoms with Gasteiger partial charge in [-0.05, 0) is 61.4 Å². The van der Waals surface area contributed by atoms with E-state index in [1.807, 2.05) is 6.92 Å². The van der Waals surface area contributed by atoms with E-state index in [0.717, 1.165) is 9.87 Å². The summed E-state index contributed by atoms with van der Waals surface area (Å²) < 4.78 is 28.6. The number of nitrogens with one attached hydrogen (secondary N) is 1. The largest absolute Gasteiger partial charge is 0.357 e. The second-order valence-electron chi connectivity index (χ2n) is 8.76. The number of halogens is 4. The number of likely N-dealkylation sites (N-methyl/N-ethyl adjacent to an activating group) is 1. The van der Waals surface area contributed by atoms with Crippen LogP contribution >= 0.6 is 46.4 Å². The summed E-state index contributed by atoms with van der Waals surface area (Å²) in [6, 6.07) is 14.5. The molecule has 0 unspecified atom stereocenters. The summed E-state index contributed by atoms with van der Waals surface area (Å²) in [5.41, 5.74) is 1.58. The first-order valence-corrected chi connectivity index (χ1v) is 14.8. The van der Waals surface area contributed by atoms with Gasteiger partial charge in [-0.25, -0.2) is 8.42 Å². The molecule has 3 rings (SSSR count). The molecule has 0 aliphatic carbocycles. The number of benzene rings is 3. The summed E-state index contributed by atoms with van der Waals surface area (Å²) >= 11 is 24.6. The van der Waals surface area contributed by atoms with E-state index in [9.17, 15) is 18.0 Å². The minimum Gasteiger partial charge on any atom is -0.357 e. The number of hydrogen-bond donors (Lipinski definition) is 1. The van der Waals surface area contributed by atoms with Crippen molar-refractivity contribution < 1.29 is 18.0 Å². The van der Waals surface area contributed by atoms with Gasteiger partial charge in [0.05, 0.1) is 20.6 Å². The molecule has 0 aromatic heterocycles. The van der Waals surface area contributed by atoms with Crippen molar-refractivity contribution in [3.63, 3.8) is 0 Å². The maximum atomic E-state index is 13.9. The van der Waals surface area contributed by atoms with Crippen LogP contribution in [0.2, 0.25) is 20.1 Å². The van der Waals surface area contributed by atoms with Crippen molar-refractivity contribution in [1.29, 1.82) is 0 Å². The van der Waals surface area contributed by atoms with Gasteiger partial charge in [0, 0.05) is 23.6 Å². The number of anilines is 1. The van der Waals surface area contributed by atoms with E-state index < -0.39 is 34.4 Å². The van der Waals surface area contributed by atoms with Crippen molar-refractivity contribution in [2.24, 2.45) is 0 Å². The first-order valence-electron chi connectivity index (χ1n) is 11.9. The standard InChI is InChI=1S/C27H27Cl4N3O4S/c1-4-25(27(36)32-3)33(15-18-7-10-23(30)24(31)11-18)26(35)16-34(21-13-19(28)12-20(29)14-21)39(37,38)22-8-5-17(2)6-9-22/h5-14,25H,4,15-16H2,1-3H3,(H,32,36)/t25-/m1/s1. The lowest BCUT2D eigenvalue weighted by Crippen LogP contribution is -2.51. The highest BCUT2D eigenvalue weighted by molar-refractivity contribution is 7.92. The lowest BCUT2D eigenvalue weighted by molar-refractivity contribution is -0.140. The third-order valence-corrected chi connectivity index (χ3v) is 8.96. The monoisotopic (exact) mass is 629 g/mol. The predicted octanol–water partition coefficient (Wildman–Crippen LogP) is 6.36. The van der Waals surface area contributed by atoms with Gasteiger partial charge < -0.3 is 10.2 Å². The molecule has 1 atom stereocenters. The number of nitrogens with zero attached hydrogens (tertiary/aromatic N) is 2.